The fourth-order valence-corrected chi connectivity index (χ4v) is 2.06. The molecule has 1 saturated heterocycles. The van der Waals surface area contributed by atoms with Gasteiger partial charge in [0.1, 0.15) is 0 Å². The van der Waals surface area contributed by atoms with Gasteiger partial charge >= 0.3 is 0 Å². The molecule has 1 fully saturated rings. The molecule has 0 saturated carbocycles. The minimum absolute atomic E-state index is 0.859. The largest absolute Gasteiger partial charge is 0.303 e. The molecule has 0 N–H and O–H groups in total. The van der Waals surface area contributed by atoms with E-state index in [1.54, 1.807) is 0 Å². The lowest BCUT2D eigenvalue weighted by Crippen LogP contribution is -2.37. The third-order valence-corrected chi connectivity index (χ3v) is 2.96. The molecule has 71 valence electrons. The average Bonchev–Trinajstić information content (AvgIpc) is 2.05. The number of hydrogen-bond donors (Lipinski definition) is 0. The normalized spacial score (nSPS) is 26.5. The van der Waals surface area contributed by atoms with E-state index >= 15 is 0 Å². The Morgan fingerprint density at radius 3 is 2.83 bits per heavy atom. The molecule has 0 aliphatic carbocycles. The van der Waals surface area contributed by atoms with Crippen LogP contribution in [-0.4, -0.2) is 24.5 Å². The fraction of sp³-hybridized carbons (Fsp3) is 0.909. The summed E-state index contributed by atoms with van der Waals surface area (Å²) in [6, 6.07) is 0. The summed E-state index contributed by atoms with van der Waals surface area (Å²) in [5.74, 6) is 1.79. The Morgan fingerprint density at radius 2 is 2.25 bits per heavy atom. The van der Waals surface area contributed by atoms with E-state index in [-0.39, 0.29) is 0 Å². The number of rotatable bonds is 3. The van der Waals surface area contributed by atoms with Crippen molar-refractivity contribution in [3.63, 3.8) is 0 Å². The molecule has 1 nitrogen and oxygen atoms in total. The highest BCUT2D eigenvalue weighted by Crippen LogP contribution is 2.23. The van der Waals surface area contributed by atoms with Crippen molar-refractivity contribution in [3.05, 3.63) is 6.92 Å². The summed E-state index contributed by atoms with van der Waals surface area (Å²) in [6.07, 6.45) is 3.89. The van der Waals surface area contributed by atoms with Gasteiger partial charge in [-0.05, 0) is 44.2 Å². The zero-order chi connectivity index (χ0) is 8.97. The Balaban J connectivity index is 2.30. The summed E-state index contributed by atoms with van der Waals surface area (Å²) in [7, 11) is 0. The molecule has 0 aromatic carbocycles. The van der Waals surface area contributed by atoms with E-state index in [1.165, 1.54) is 32.5 Å². The lowest BCUT2D eigenvalue weighted by atomic mass is 9.88. The molecule has 1 unspecified atom stereocenters. The summed E-state index contributed by atoms with van der Waals surface area (Å²) in [4.78, 5) is 2.57. The molecule has 1 radical (unpaired) electrons. The van der Waals surface area contributed by atoms with E-state index in [0.717, 1.165) is 18.3 Å². The Hall–Kier alpha value is -0.0400. The highest BCUT2D eigenvalue weighted by molar-refractivity contribution is 4.74. The quantitative estimate of drug-likeness (QED) is 0.626. The van der Waals surface area contributed by atoms with Gasteiger partial charge in [-0.3, -0.25) is 0 Å². The van der Waals surface area contributed by atoms with Crippen LogP contribution in [0.15, 0.2) is 0 Å². The van der Waals surface area contributed by atoms with Gasteiger partial charge in [0.25, 0.3) is 0 Å². The predicted octanol–water partition coefficient (Wildman–Crippen LogP) is 2.58. The number of hydrogen-bond acceptors (Lipinski definition) is 1. The van der Waals surface area contributed by atoms with Crippen LogP contribution in [-0.2, 0) is 0 Å². The second-order valence-corrected chi connectivity index (χ2v) is 4.30. The van der Waals surface area contributed by atoms with E-state index in [9.17, 15) is 0 Å². The number of piperidine rings is 1. The molecule has 1 rings (SSSR count). The van der Waals surface area contributed by atoms with Crippen molar-refractivity contribution in [2.45, 2.75) is 33.1 Å². The van der Waals surface area contributed by atoms with Gasteiger partial charge < -0.3 is 4.90 Å². The molecule has 0 bridgehead atoms. The van der Waals surface area contributed by atoms with Gasteiger partial charge in [0, 0.05) is 6.54 Å². The maximum absolute atomic E-state index is 3.91. The molecule has 1 heterocycles. The smallest absolute Gasteiger partial charge is 0.00121 e. The molecule has 1 heteroatoms. The van der Waals surface area contributed by atoms with E-state index in [2.05, 4.69) is 25.7 Å². The van der Waals surface area contributed by atoms with Crippen LogP contribution in [0.4, 0.5) is 0 Å². The van der Waals surface area contributed by atoms with Crippen LogP contribution in [0.2, 0.25) is 0 Å². The molecule has 0 aromatic rings. The second kappa shape index (κ2) is 4.86. The van der Waals surface area contributed by atoms with Gasteiger partial charge in [0.05, 0.1) is 0 Å². The van der Waals surface area contributed by atoms with Gasteiger partial charge in [-0.25, -0.2) is 0 Å². The van der Waals surface area contributed by atoms with Crippen LogP contribution in [0.5, 0.6) is 0 Å². The maximum atomic E-state index is 3.91. The third-order valence-electron chi connectivity index (χ3n) is 2.96. The first-order valence-electron chi connectivity index (χ1n) is 5.25. The van der Waals surface area contributed by atoms with Crippen LogP contribution in [0.3, 0.4) is 0 Å². The topological polar surface area (TPSA) is 3.24 Å². The van der Waals surface area contributed by atoms with E-state index < -0.39 is 0 Å². The molecular weight excluding hydrogens is 146 g/mol. The summed E-state index contributed by atoms with van der Waals surface area (Å²) >= 11 is 0. The number of nitrogens with zero attached hydrogens (tertiary/aromatic N) is 1. The van der Waals surface area contributed by atoms with Crippen molar-refractivity contribution in [2.75, 3.05) is 19.6 Å². The maximum Gasteiger partial charge on any atom is 0.00121 e. The highest BCUT2D eigenvalue weighted by Gasteiger charge is 2.21. The monoisotopic (exact) mass is 168 g/mol. The first-order chi connectivity index (χ1) is 5.74. The van der Waals surface area contributed by atoms with Gasteiger partial charge in [0.15, 0.2) is 0 Å². The zero-order valence-electron chi connectivity index (χ0n) is 8.55. The van der Waals surface area contributed by atoms with Gasteiger partial charge in [-0.1, -0.05) is 20.8 Å². The van der Waals surface area contributed by atoms with Gasteiger partial charge in [-0.15, -0.1) is 0 Å². The number of likely N-dealkylation sites (tertiary alicyclic amines) is 1. The second-order valence-electron chi connectivity index (χ2n) is 4.30. The third kappa shape index (κ3) is 2.78. The Morgan fingerprint density at radius 1 is 1.50 bits per heavy atom. The fourth-order valence-electron chi connectivity index (χ4n) is 2.06. The van der Waals surface area contributed by atoms with Crippen LogP contribution < -0.4 is 0 Å². The lowest BCUT2D eigenvalue weighted by Gasteiger charge is -2.34. The SMILES string of the molecule is [CH2]CCN1CCCC(C(C)C)C1. The summed E-state index contributed by atoms with van der Waals surface area (Å²) in [5.41, 5.74) is 0. The van der Waals surface area contributed by atoms with Crippen molar-refractivity contribution in [1.82, 2.24) is 4.90 Å². The van der Waals surface area contributed by atoms with Crippen molar-refractivity contribution in [2.24, 2.45) is 11.8 Å². The van der Waals surface area contributed by atoms with Crippen LogP contribution >= 0.6 is 0 Å². The molecule has 0 aromatic heterocycles. The van der Waals surface area contributed by atoms with E-state index in [1.807, 2.05) is 0 Å². The summed E-state index contributed by atoms with van der Waals surface area (Å²) < 4.78 is 0. The molecule has 0 spiro atoms. The molecule has 1 aliphatic rings. The Bertz CT molecular complexity index is 118. The van der Waals surface area contributed by atoms with Gasteiger partial charge in [0.2, 0.25) is 0 Å². The molecule has 1 aliphatic heterocycles. The highest BCUT2D eigenvalue weighted by atomic mass is 15.1. The van der Waals surface area contributed by atoms with E-state index in [4.69, 9.17) is 0 Å². The predicted molar refractivity (Wildman–Crippen MR) is 54.0 cm³/mol. The standard InChI is InChI=1S/C11H22N/c1-4-7-12-8-5-6-11(9-12)10(2)3/h10-11H,1,4-9H2,2-3H3. The Labute approximate surface area is 77.1 Å². The zero-order valence-corrected chi connectivity index (χ0v) is 8.55. The van der Waals surface area contributed by atoms with Gasteiger partial charge in [-0.2, -0.15) is 0 Å². The average molecular weight is 168 g/mol. The lowest BCUT2D eigenvalue weighted by molar-refractivity contribution is 0.147. The van der Waals surface area contributed by atoms with Crippen molar-refractivity contribution in [3.8, 4) is 0 Å². The van der Waals surface area contributed by atoms with E-state index in [0.29, 0.717) is 0 Å². The first kappa shape index (κ1) is 10.0. The molecule has 12 heavy (non-hydrogen) atoms. The first-order valence-corrected chi connectivity index (χ1v) is 5.25. The molecular formula is C11H22N. The summed E-state index contributed by atoms with van der Waals surface area (Å²) in [6.45, 7) is 12.4. The van der Waals surface area contributed by atoms with Crippen molar-refractivity contribution in [1.29, 1.82) is 0 Å². The minimum atomic E-state index is 0.859. The van der Waals surface area contributed by atoms with Crippen LogP contribution in [0, 0.1) is 18.8 Å². The van der Waals surface area contributed by atoms with Crippen molar-refractivity contribution >= 4 is 0 Å². The minimum Gasteiger partial charge on any atom is -0.303 e. The Kier molecular flexibility index (Phi) is 4.07. The molecule has 0 amide bonds. The van der Waals surface area contributed by atoms with Crippen LogP contribution in [0.1, 0.15) is 33.1 Å². The molecule has 1 atom stereocenters. The van der Waals surface area contributed by atoms with Crippen LogP contribution in [0.25, 0.3) is 0 Å². The summed E-state index contributed by atoms with van der Waals surface area (Å²) in [5, 5.41) is 0. The van der Waals surface area contributed by atoms with Crippen molar-refractivity contribution < 1.29 is 0 Å².